The van der Waals surface area contributed by atoms with Gasteiger partial charge in [-0.2, -0.15) is 4.98 Å². The quantitative estimate of drug-likeness (QED) is 0.478. The van der Waals surface area contributed by atoms with Crippen molar-refractivity contribution in [2.75, 3.05) is 6.61 Å². The summed E-state index contributed by atoms with van der Waals surface area (Å²) in [6.07, 6.45) is -2.77. The van der Waals surface area contributed by atoms with Gasteiger partial charge in [-0.05, 0) is 6.07 Å². The molecule has 0 amide bonds. The molecule has 1 saturated heterocycles. The Morgan fingerprint density at radius 2 is 2.06 bits per heavy atom. The molecule has 1 fully saturated rings. The van der Waals surface area contributed by atoms with Crippen LogP contribution in [-0.4, -0.2) is 55.3 Å². The van der Waals surface area contributed by atoms with Crippen molar-refractivity contribution in [3.63, 3.8) is 0 Å². The zero-order valence-corrected chi connectivity index (χ0v) is 8.26. The Labute approximate surface area is 91.0 Å². The fourth-order valence-electron chi connectivity index (χ4n) is 1.66. The summed E-state index contributed by atoms with van der Waals surface area (Å²) in [7, 11) is 0. The molecule has 0 saturated carbocycles. The molecule has 7 nitrogen and oxygen atoms in total. The van der Waals surface area contributed by atoms with E-state index < -0.39 is 37.0 Å². The molecular weight excluding hydrogens is 216 g/mol. The van der Waals surface area contributed by atoms with Gasteiger partial charge in [0.1, 0.15) is 24.4 Å². The largest absolute Gasteiger partial charge is 0.479 e. The summed E-state index contributed by atoms with van der Waals surface area (Å²) in [5.74, 6) is 0. The number of aromatic hydroxyl groups is 1. The summed E-state index contributed by atoms with van der Waals surface area (Å²) in [6, 6.07) is 1.02. The van der Waals surface area contributed by atoms with E-state index in [1.54, 1.807) is 0 Å². The Morgan fingerprint density at radius 3 is 2.62 bits per heavy atom. The maximum absolute atomic E-state index is 9.68. The Kier molecular flexibility index (Phi) is 3.01. The maximum Gasteiger partial charge on any atom is 0.314 e. The molecule has 4 atom stereocenters. The van der Waals surface area contributed by atoms with Crippen LogP contribution in [0.15, 0.2) is 12.3 Å². The molecule has 0 bridgehead atoms. The Morgan fingerprint density at radius 1 is 1.31 bits per heavy atom. The number of aliphatic hydroxyl groups is 3. The van der Waals surface area contributed by atoms with Crippen molar-refractivity contribution in [3.8, 4) is 6.01 Å². The molecule has 1 aromatic rings. The lowest BCUT2D eigenvalue weighted by Crippen LogP contribution is -2.32. The van der Waals surface area contributed by atoms with Crippen LogP contribution in [-0.2, 0) is 4.74 Å². The molecule has 0 radical (unpaired) electrons. The SMILES string of the molecule is OC[C@H]1OC(c2ccnc(O)n2)[C@H](O)[C@@H]1O. The van der Waals surface area contributed by atoms with Crippen LogP contribution in [0, 0.1) is 0 Å². The standard InChI is InChI=1S/C9H12N2O5/c12-3-5-6(13)7(14)8(16-5)4-1-2-10-9(15)11-4/h1-2,5-8,12-14H,3H2,(H,10,11,15)/t5-,6-,7-,8?/m1/s1. The van der Waals surface area contributed by atoms with Crippen LogP contribution in [0.1, 0.15) is 11.8 Å². The predicted molar refractivity (Wildman–Crippen MR) is 50.4 cm³/mol. The van der Waals surface area contributed by atoms with E-state index in [1.807, 2.05) is 0 Å². The van der Waals surface area contributed by atoms with E-state index in [1.165, 1.54) is 12.3 Å². The van der Waals surface area contributed by atoms with Gasteiger partial charge in [0.25, 0.3) is 0 Å². The zero-order chi connectivity index (χ0) is 11.7. The molecule has 4 N–H and O–H groups in total. The third kappa shape index (κ3) is 1.85. The summed E-state index contributed by atoms with van der Waals surface area (Å²) in [6.45, 7) is -0.397. The van der Waals surface area contributed by atoms with Crippen molar-refractivity contribution >= 4 is 0 Å². The first-order valence-corrected chi connectivity index (χ1v) is 4.78. The van der Waals surface area contributed by atoms with Crippen LogP contribution in [0.5, 0.6) is 6.01 Å². The molecule has 0 spiro atoms. The second kappa shape index (κ2) is 4.30. The molecule has 0 aliphatic carbocycles. The fourth-order valence-corrected chi connectivity index (χ4v) is 1.66. The zero-order valence-electron chi connectivity index (χ0n) is 8.26. The minimum absolute atomic E-state index is 0.259. The predicted octanol–water partition coefficient (Wildman–Crippen LogP) is -1.66. The monoisotopic (exact) mass is 228 g/mol. The number of nitrogens with zero attached hydrogens (tertiary/aromatic N) is 2. The fraction of sp³-hybridized carbons (Fsp3) is 0.556. The maximum atomic E-state index is 9.68. The van der Waals surface area contributed by atoms with E-state index in [0.717, 1.165) is 0 Å². The summed E-state index contributed by atoms with van der Waals surface area (Å²) < 4.78 is 5.22. The van der Waals surface area contributed by atoms with Gasteiger partial charge in [0.05, 0.1) is 12.3 Å². The molecule has 1 aromatic heterocycles. The van der Waals surface area contributed by atoms with Gasteiger partial charge >= 0.3 is 6.01 Å². The molecule has 2 rings (SSSR count). The molecular formula is C9H12N2O5. The van der Waals surface area contributed by atoms with Crippen molar-refractivity contribution in [1.82, 2.24) is 9.97 Å². The molecule has 0 aromatic carbocycles. The number of hydrogen-bond acceptors (Lipinski definition) is 7. The van der Waals surface area contributed by atoms with E-state index in [4.69, 9.17) is 14.9 Å². The number of ether oxygens (including phenoxy) is 1. The molecule has 7 heteroatoms. The lowest BCUT2D eigenvalue weighted by Gasteiger charge is -2.13. The van der Waals surface area contributed by atoms with Gasteiger partial charge in [-0.3, -0.25) is 0 Å². The highest BCUT2D eigenvalue weighted by Crippen LogP contribution is 2.32. The minimum Gasteiger partial charge on any atom is -0.479 e. The lowest BCUT2D eigenvalue weighted by molar-refractivity contribution is -0.0241. The van der Waals surface area contributed by atoms with E-state index in [-0.39, 0.29) is 5.69 Å². The Balaban J connectivity index is 2.23. The van der Waals surface area contributed by atoms with Gasteiger partial charge < -0.3 is 25.2 Å². The van der Waals surface area contributed by atoms with Gasteiger partial charge in [0.15, 0.2) is 0 Å². The van der Waals surface area contributed by atoms with E-state index >= 15 is 0 Å². The average molecular weight is 228 g/mol. The Hall–Kier alpha value is -1.28. The van der Waals surface area contributed by atoms with Crippen LogP contribution in [0.4, 0.5) is 0 Å². The number of rotatable bonds is 2. The summed E-state index contributed by atoms with van der Waals surface area (Å²) in [5.41, 5.74) is 0.259. The molecule has 1 aliphatic heterocycles. The van der Waals surface area contributed by atoms with Gasteiger partial charge in [0, 0.05) is 6.20 Å². The normalized spacial score (nSPS) is 34.2. The first kappa shape index (κ1) is 11.2. The summed E-state index contributed by atoms with van der Waals surface area (Å²) in [5, 5.41) is 37.2. The molecule has 1 unspecified atom stereocenters. The first-order valence-electron chi connectivity index (χ1n) is 4.78. The van der Waals surface area contributed by atoms with Crippen molar-refractivity contribution in [1.29, 1.82) is 0 Å². The number of aliphatic hydroxyl groups excluding tert-OH is 3. The molecule has 88 valence electrons. The van der Waals surface area contributed by atoms with Crippen molar-refractivity contribution in [2.45, 2.75) is 24.4 Å². The van der Waals surface area contributed by atoms with Gasteiger partial charge in [0.2, 0.25) is 0 Å². The third-order valence-electron chi connectivity index (χ3n) is 2.50. The highest BCUT2D eigenvalue weighted by Gasteiger charge is 2.43. The average Bonchev–Trinajstić information content (AvgIpc) is 2.56. The smallest absolute Gasteiger partial charge is 0.314 e. The van der Waals surface area contributed by atoms with E-state index in [2.05, 4.69) is 9.97 Å². The highest BCUT2D eigenvalue weighted by molar-refractivity contribution is 5.12. The number of aromatic nitrogens is 2. The second-order valence-corrected chi connectivity index (χ2v) is 3.54. The lowest BCUT2D eigenvalue weighted by atomic mass is 10.1. The van der Waals surface area contributed by atoms with Gasteiger partial charge in [-0.1, -0.05) is 0 Å². The number of hydrogen-bond donors (Lipinski definition) is 4. The molecule has 16 heavy (non-hydrogen) atoms. The van der Waals surface area contributed by atoms with Crippen molar-refractivity contribution in [2.24, 2.45) is 0 Å². The molecule has 2 heterocycles. The summed E-state index contributed by atoms with van der Waals surface area (Å²) >= 11 is 0. The topological polar surface area (TPSA) is 116 Å². The third-order valence-corrected chi connectivity index (χ3v) is 2.50. The van der Waals surface area contributed by atoms with E-state index in [9.17, 15) is 10.2 Å². The van der Waals surface area contributed by atoms with Crippen LogP contribution in [0.3, 0.4) is 0 Å². The van der Waals surface area contributed by atoms with Crippen LogP contribution in [0.2, 0.25) is 0 Å². The van der Waals surface area contributed by atoms with Crippen LogP contribution < -0.4 is 0 Å². The Bertz CT molecular complexity index is 375. The first-order chi connectivity index (χ1) is 7.63. The second-order valence-electron chi connectivity index (χ2n) is 3.54. The van der Waals surface area contributed by atoms with Crippen molar-refractivity contribution in [3.05, 3.63) is 18.0 Å². The van der Waals surface area contributed by atoms with Crippen molar-refractivity contribution < 1.29 is 25.2 Å². The molecule has 1 aliphatic rings. The van der Waals surface area contributed by atoms with Gasteiger partial charge in [-0.25, -0.2) is 4.98 Å². The van der Waals surface area contributed by atoms with Crippen LogP contribution >= 0.6 is 0 Å². The highest BCUT2D eigenvalue weighted by atomic mass is 16.6. The van der Waals surface area contributed by atoms with E-state index in [0.29, 0.717) is 0 Å². The minimum atomic E-state index is -1.19. The summed E-state index contributed by atoms with van der Waals surface area (Å²) in [4.78, 5) is 7.17. The van der Waals surface area contributed by atoms with Crippen LogP contribution in [0.25, 0.3) is 0 Å². The van der Waals surface area contributed by atoms with Gasteiger partial charge in [-0.15, -0.1) is 0 Å².